The van der Waals surface area contributed by atoms with Gasteiger partial charge in [0.2, 0.25) is 0 Å². The number of aromatic nitrogens is 1. The van der Waals surface area contributed by atoms with Gasteiger partial charge in [0.15, 0.2) is 0 Å². The Bertz CT molecular complexity index is 463. The number of nitrogens with zero attached hydrogens (tertiary/aromatic N) is 1. The molecule has 4 heteroatoms. The largest absolute Gasteiger partial charge is 0.365 e. The van der Waals surface area contributed by atoms with Crippen molar-refractivity contribution < 1.29 is 4.92 Å². The van der Waals surface area contributed by atoms with E-state index < -0.39 is 0 Å². The molecule has 0 radical (unpaired) electrons. The standard InChI is InChI=1S/C11H10N2O2/c14-13(15)11-6-2-1-4-9(11)8-10-5-3-7-12-10/h1-7,12H,8H2. The minimum atomic E-state index is -0.349. The van der Waals surface area contributed by atoms with Gasteiger partial charge < -0.3 is 4.98 Å². The van der Waals surface area contributed by atoms with Crippen molar-refractivity contribution in [2.75, 3.05) is 0 Å². The topological polar surface area (TPSA) is 58.9 Å². The zero-order valence-corrected chi connectivity index (χ0v) is 8.01. The summed E-state index contributed by atoms with van der Waals surface area (Å²) < 4.78 is 0. The van der Waals surface area contributed by atoms with Crippen LogP contribution in [-0.4, -0.2) is 9.91 Å². The van der Waals surface area contributed by atoms with Crippen LogP contribution in [-0.2, 0) is 6.42 Å². The quantitative estimate of drug-likeness (QED) is 0.614. The third-order valence-electron chi connectivity index (χ3n) is 2.23. The molecule has 0 aliphatic heterocycles. The highest BCUT2D eigenvalue weighted by Gasteiger charge is 2.12. The van der Waals surface area contributed by atoms with E-state index in [0.717, 1.165) is 11.3 Å². The van der Waals surface area contributed by atoms with Crippen LogP contribution in [0.25, 0.3) is 0 Å². The molecule has 0 atom stereocenters. The van der Waals surface area contributed by atoms with Crippen molar-refractivity contribution in [2.45, 2.75) is 6.42 Å². The molecule has 2 aromatic rings. The molecule has 1 heterocycles. The number of nitro benzene ring substituents is 1. The summed E-state index contributed by atoms with van der Waals surface area (Å²) in [6, 6.07) is 10.6. The summed E-state index contributed by atoms with van der Waals surface area (Å²) in [5.41, 5.74) is 1.88. The van der Waals surface area contributed by atoms with Crippen molar-refractivity contribution in [2.24, 2.45) is 0 Å². The second-order valence-corrected chi connectivity index (χ2v) is 3.26. The summed E-state index contributed by atoms with van der Waals surface area (Å²) in [5, 5.41) is 10.7. The van der Waals surface area contributed by atoms with E-state index in [4.69, 9.17) is 0 Å². The Labute approximate surface area is 86.7 Å². The fourth-order valence-corrected chi connectivity index (χ4v) is 1.52. The lowest BCUT2D eigenvalue weighted by atomic mass is 10.1. The highest BCUT2D eigenvalue weighted by atomic mass is 16.6. The summed E-state index contributed by atoms with van der Waals surface area (Å²) in [7, 11) is 0. The SMILES string of the molecule is O=[N+]([O-])c1ccccc1Cc1ccc[nH]1. The van der Waals surface area contributed by atoms with Gasteiger partial charge in [-0.15, -0.1) is 0 Å². The van der Waals surface area contributed by atoms with Gasteiger partial charge in [0, 0.05) is 29.9 Å². The third-order valence-corrected chi connectivity index (χ3v) is 2.23. The molecule has 15 heavy (non-hydrogen) atoms. The average molecular weight is 202 g/mol. The minimum Gasteiger partial charge on any atom is -0.365 e. The normalized spacial score (nSPS) is 10.1. The average Bonchev–Trinajstić information content (AvgIpc) is 2.71. The number of para-hydroxylation sites is 1. The predicted molar refractivity (Wildman–Crippen MR) is 56.7 cm³/mol. The summed E-state index contributed by atoms with van der Waals surface area (Å²) in [6.07, 6.45) is 2.37. The Kier molecular flexibility index (Phi) is 2.49. The molecule has 0 aliphatic rings. The van der Waals surface area contributed by atoms with Gasteiger partial charge in [-0.05, 0) is 12.1 Å². The number of nitro groups is 1. The molecule has 0 unspecified atom stereocenters. The molecule has 0 saturated carbocycles. The zero-order chi connectivity index (χ0) is 10.7. The van der Waals surface area contributed by atoms with Crippen LogP contribution in [0.2, 0.25) is 0 Å². The second kappa shape index (κ2) is 3.96. The summed E-state index contributed by atoms with van der Waals surface area (Å²) in [4.78, 5) is 13.4. The van der Waals surface area contributed by atoms with E-state index in [9.17, 15) is 10.1 Å². The van der Waals surface area contributed by atoms with Crippen molar-refractivity contribution in [1.82, 2.24) is 4.98 Å². The molecule has 0 fully saturated rings. The van der Waals surface area contributed by atoms with Crippen LogP contribution >= 0.6 is 0 Å². The lowest BCUT2D eigenvalue weighted by Crippen LogP contribution is -1.96. The zero-order valence-electron chi connectivity index (χ0n) is 8.01. The highest BCUT2D eigenvalue weighted by Crippen LogP contribution is 2.20. The molecule has 0 saturated heterocycles. The van der Waals surface area contributed by atoms with Crippen molar-refractivity contribution >= 4 is 5.69 Å². The van der Waals surface area contributed by atoms with Crippen molar-refractivity contribution in [3.8, 4) is 0 Å². The number of hydrogen-bond donors (Lipinski definition) is 1. The Morgan fingerprint density at radius 1 is 1.20 bits per heavy atom. The van der Waals surface area contributed by atoms with Crippen molar-refractivity contribution in [3.05, 3.63) is 64.0 Å². The van der Waals surface area contributed by atoms with E-state index in [1.165, 1.54) is 6.07 Å². The van der Waals surface area contributed by atoms with Gasteiger partial charge in [-0.25, -0.2) is 0 Å². The van der Waals surface area contributed by atoms with Gasteiger partial charge in [0.1, 0.15) is 0 Å². The lowest BCUT2D eigenvalue weighted by molar-refractivity contribution is -0.385. The van der Waals surface area contributed by atoms with Crippen LogP contribution in [0.3, 0.4) is 0 Å². The Morgan fingerprint density at radius 3 is 2.67 bits per heavy atom. The van der Waals surface area contributed by atoms with Crippen LogP contribution in [0.15, 0.2) is 42.6 Å². The molecule has 4 nitrogen and oxygen atoms in total. The maximum Gasteiger partial charge on any atom is 0.272 e. The van der Waals surface area contributed by atoms with E-state index >= 15 is 0 Å². The van der Waals surface area contributed by atoms with E-state index in [-0.39, 0.29) is 10.6 Å². The van der Waals surface area contributed by atoms with Crippen molar-refractivity contribution in [3.63, 3.8) is 0 Å². The fraction of sp³-hybridized carbons (Fsp3) is 0.0909. The molecule has 1 N–H and O–H groups in total. The number of benzene rings is 1. The number of nitrogens with one attached hydrogen (secondary N) is 1. The lowest BCUT2D eigenvalue weighted by Gasteiger charge is -2.00. The molecule has 1 aromatic carbocycles. The van der Waals surface area contributed by atoms with Gasteiger partial charge in [-0.2, -0.15) is 0 Å². The third kappa shape index (κ3) is 2.04. The van der Waals surface area contributed by atoms with Crippen molar-refractivity contribution in [1.29, 1.82) is 0 Å². The first kappa shape index (κ1) is 9.45. The van der Waals surface area contributed by atoms with E-state index in [2.05, 4.69) is 4.98 Å². The summed E-state index contributed by atoms with van der Waals surface area (Å²) >= 11 is 0. The predicted octanol–water partition coefficient (Wildman–Crippen LogP) is 2.51. The van der Waals surface area contributed by atoms with Gasteiger partial charge in [0.05, 0.1) is 4.92 Å². The Morgan fingerprint density at radius 2 is 2.00 bits per heavy atom. The van der Waals surface area contributed by atoms with Gasteiger partial charge in [-0.1, -0.05) is 18.2 Å². The Hall–Kier alpha value is -2.10. The number of aromatic amines is 1. The van der Waals surface area contributed by atoms with Gasteiger partial charge in [0.25, 0.3) is 5.69 Å². The van der Waals surface area contributed by atoms with Gasteiger partial charge in [-0.3, -0.25) is 10.1 Å². The number of rotatable bonds is 3. The van der Waals surface area contributed by atoms with Crippen LogP contribution in [0.4, 0.5) is 5.69 Å². The van der Waals surface area contributed by atoms with E-state index in [1.54, 1.807) is 12.1 Å². The molecular weight excluding hydrogens is 192 g/mol. The van der Waals surface area contributed by atoms with E-state index in [0.29, 0.717) is 6.42 Å². The highest BCUT2D eigenvalue weighted by molar-refractivity contribution is 5.41. The molecular formula is C11H10N2O2. The first-order valence-electron chi connectivity index (χ1n) is 4.62. The van der Waals surface area contributed by atoms with Crippen LogP contribution in [0, 0.1) is 10.1 Å². The maximum atomic E-state index is 10.7. The molecule has 0 amide bonds. The smallest absolute Gasteiger partial charge is 0.272 e. The fourth-order valence-electron chi connectivity index (χ4n) is 1.52. The van der Waals surface area contributed by atoms with Crippen LogP contribution in [0.5, 0.6) is 0 Å². The number of hydrogen-bond acceptors (Lipinski definition) is 2. The van der Waals surface area contributed by atoms with Crippen LogP contribution in [0.1, 0.15) is 11.3 Å². The molecule has 0 aliphatic carbocycles. The summed E-state index contributed by atoms with van der Waals surface area (Å²) in [6.45, 7) is 0. The molecule has 0 bridgehead atoms. The number of H-pyrrole nitrogens is 1. The van der Waals surface area contributed by atoms with E-state index in [1.807, 2.05) is 24.4 Å². The molecule has 1 aromatic heterocycles. The summed E-state index contributed by atoms with van der Waals surface area (Å²) in [5.74, 6) is 0. The molecule has 2 rings (SSSR count). The monoisotopic (exact) mass is 202 g/mol. The van der Waals surface area contributed by atoms with Gasteiger partial charge >= 0.3 is 0 Å². The first-order chi connectivity index (χ1) is 7.27. The first-order valence-corrected chi connectivity index (χ1v) is 4.62. The minimum absolute atomic E-state index is 0.173. The second-order valence-electron chi connectivity index (χ2n) is 3.26. The van der Waals surface area contributed by atoms with Crippen LogP contribution < -0.4 is 0 Å². The molecule has 76 valence electrons. The maximum absolute atomic E-state index is 10.7. The molecule has 0 spiro atoms. The Balaban J connectivity index is 2.32.